The molecule has 2 aromatic rings. The number of ketones is 1. The molecule has 21 heavy (non-hydrogen) atoms. The second kappa shape index (κ2) is 5.22. The SMILES string of the molecule is CC(Nc1sc(C(=O)C2CC2)c(N)c1C#N)c1cn[nH]c1. The molecule has 0 amide bonds. The molecule has 0 aliphatic heterocycles. The summed E-state index contributed by atoms with van der Waals surface area (Å²) in [7, 11) is 0. The van der Waals surface area contributed by atoms with Crippen LogP contribution in [-0.4, -0.2) is 16.0 Å². The van der Waals surface area contributed by atoms with E-state index in [-0.39, 0.29) is 17.7 Å². The van der Waals surface area contributed by atoms with Gasteiger partial charge in [-0.1, -0.05) is 0 Å². The van der Waals surface area contributed by atoms with Gasteiger partial charge in [0.05, 0.1) is 22.8 Å². The Balaban J connectivity index is 1.89. The summed E-state index contributed by atoms with van der Waals surface area (Å²) in [5.74, 6) is 0.162. The number of hydrogen-bond donors (Lipinski definition) is 3. The van der Waals surface area contributed by atoms with Crippen molar-refractivity contribution in [2.45, 2.75) is 25.8 Å². The minimum absolute atomic E-state index is 0.0298. The molecule has 0 bridgehead atoms. The molecule has 1 fully saturated rings. The molecular formula is C14H15N5OS. The van der Waals surface area contributed by atoms with Crippen molar-refractivity contribution in [2.75, 3.05) is 11.1 Å². The lowest BCUT2D eigenvalue weighted by atomic mass is 10.1. The van der Waals surface area contributed by atoms with Crippen LogP contribution in [0.2, 0.25) is 0 Å². The van der Waals surface area contributed by atoms with Crippen LogP contribution in [0, 0.1) is 17.2 Å². The Kier molecular flexibility index (Phi) is 3.39. The van der Waals surface area contributed by atoms with Crippen LogP contribution in [-0.2, 0) is 0 Å². The second-order valence-electron chi connectivity index (χ2n) is 5.20. The van der Waals surface area contributed by atoms with Gasteiger partial charge >= 0.3 is 0 Å². The maximum atomic E-state index is 12.2. The normalized spacial score (nSPS) is 15.4. The maximum Gasteiger partial charge on any atom is 0.178 e. The number of nitrogens with two attached hydrogens (primary N) is 1. The van der Waals surface area contributed by atoms with E-state index in [2.05, 4.69) is 21.6 Å². The van der Waals surface area contributed by atoms with Gasteiger partial charge in [0.15, 0.2) is 5.78 Å². The van der Waals surface area contributed by atoms with Crippen molar-refractivity contribution in [3.63, 3.8) is 0 Å². The van der Waals surface area contributed by atoms with Gasteiger partial charge in [-0.3, -0.25) is 9.89 Å². The van der Waals surface area contributed by atoms with Gasteiger partial charge in [-0.2, -0.15) is 10.4 Å². The molecule has 1 unspecified atom stereocenters. The predicted octanol–water partition coefficient (Wildman–Crippen LogP) is 2.69. The second-order valence-corrected chi connectivity index (χ2v) is 6.22. The largest absolute Gasteiger partial charge is 0.396 e. The molecule has 0 saturated heterocycles. The molecule has 2 heterocycles. The summed E-state index contributed by atoms with van der Waals surface area (Å²) in [6.45, 7) is 1.96. The average molecular weight is 301 g/mol. The lowest BCUT2D eigenvalue weighted by molar-refractivity contribution is 0.0972. The average Bonchev–Trinajstić information content (AvgIpc) is 3.07. The van der Waals surface area contributed by atoms with E-state index in [1.807, 2.05) is 6.92 Å². The fraction of sp³-hybridized carbons (Fsp3) is 0.357. The molecule has 2 aromatic heterocycles. The van der Waals surface area contributed by atoms with Crippen LogP contribution in [0.15, 0.2) is 12.4 Å². The zero-order valence-electron chi connectivity index (χ0n) is 11.5. The van der Waals surface area contributed by atoms with Crippen LogP contribution in [0.5, 0.6) is 0 Å². The van der Waals surface area contributed by atoms with Crippen LogP contribution in [0.25, 0.3) is 0 Å². The zero-order chi connectivity index (χ0) is 15.0. The summed E-state index contributed by atoms with van der Waals surface area (Å²) in [6, 6.07) is 2.07. The molecular weight excluding hydrogens is 286 g/mol. The topological polar surface area (TPSA) is 108 Å². The molecule has 4 N–H and O–H groups in total. The molecule has 3 rings (SSSR count). The van der Waals surface area contributed by atoms with E-state index in [4.69, 9.17) is 5.73 Å². The monoisotopic (exact) mass is 301 g/mol. The molecule has 0 spiro atoms. The Hall–Kier alpha value is -2.33. The van der Waals surface area contributed by atoms with Crippen molar-refractivity contribution in [3.8, 4) is 6.07 Å². The Morgan fingerprint density at radius 1 is 1.67 bits per heavy atom. The van der Waals surface area contributed by atoms with Crippen LogP contribution in [0.1, 0.15) is 46.6 Å². The van der Waals surface area contributed by atoms with Gasteiger partial charge in [-0.15, -0.1) is 11.3 Å². The van der Waals surface area contributed by atoms with Crippen molar-refractivity contribution in [3.05, 3.63) is 28.4 Å². The quantitative estimate of drug-likeness (QED) is 0.736. The van der Waals surface area contributed by atoms with Crippen LogP contribution < -0.4 is 11.1 Å². The number of aromatic amines is 1. The molecule has 1 aliphatic carbocycles. The predicted molar refractivity (Wildman–Crippen MR) is 81.1 cm³/mol. The molecule has 0 radical (unpaired) electrons. The van der Waals surface area contributed by atoms with E-state index < -0.39 is 0 Å². The third kappa shape index (κ3) is 2.50. The number of nitrogen functional groups attached to an aromatic ring is 1. The molecule has 1 atom stereocenters. The summed E-state index contributed by atoms with van der Waals surface area (Å²) in [5, 5.41) is 19.8. The Morgan fingerprint density at radius 3 is 3.00 bits per heavy atom. The number of Topliss-reactive ketones (excluding diaryl/α,β-unsaturated/α-hetero) is 1. The van der Waals surface area contributed by atoms with Crippen LogP contribution in [0.3, 0.4) is 0 Å². The van der Waals surface area contributed by atoms with E-state index in [9.17, 15) is 10.1 Å². The van der Waals surface area contributed by atoms with Gasteiger partial charge in [-0.05, 0) is 19.8 Å². The number of nitrogens with one attached hydrogen (secondary N) is 2. The molecule has 0 aromatic carbocycles. The van der Waals surface area contributed by atoms with Crippen molar-refractivity contribution in [2.24, 2.45) is 5.92 Å². The number of hydrogen-bond acceptors (Lipinski definition) is 6. The third-order valence-electron chi connectivity index (χ3n) is 3.60. The highest BCUT2D eigenvalue weighted by Gasteiger charge is 2.34. The first-order valence-corrected chi connectivity index (χ1v) is 7.55. The summed E-state index contributed by atoms with van der Waals surface area (Å²) >= 11 is 1.27. The first-order valence-electron chi connectivity index (χ1n) is 6.73. The first-order chi connectivity index (χ1) is 10.1. The molecule has 1 aliphatic rings. The Labute approximate surface area is 126 Å². The smallest absolute Gasteiger partial charge is 0.178 e. The number of nitrogens with zero attached hydrogens (tertiary/aromatic N) is 2. The van der Waals surface area contributed by atoms with Gasteiger partial charge < -0.3 is 11.1 Å². The lowest BCUT2D eigenvalue weighted by Gasteiger charge is -2.11. The number of thiophene rings is 1. The van der Waals surface area contributed by atoms with E-state index in [0.717, 1.165) is 18.4 Å². The minimum atomic E-state index is -0.0298. The van der Waals surface area contributed by atoms with E-state index >= 15 is 0 Å². The number of rotatable bonds is 5. The van der Waals surface area contributed by atoms with Crippen molar-refractivity contribution < 1.29 is 4.79 Å². The number of aromatic nitrogens is 2. The van der Waals surface area contributed by atoms with Crippen LogP contribution in [0.4, 0.5) is 10.7 Å². The van der Waals surface area contributed by atoms with Gasteiger partial charge in [0.2, 0.25) is 0 Å². The van der Waals surface area contributed by atoms with E-state index in [1.165, 1.54) is 11.3 Å². The summed E-state index contributed by atoms with van der Waals surface area (Å²) in [5.41, 5.74) is 7.62. The maximum absolute atomic E-state index is 12.2. The van der Waals surface area contributed by atoms with E-state index in [1.54, 1.807) is 12.4 Å². The number of anilines is 2. The van der Waals surface area contributed by atoms with Crippen molar-refractivity contribution in [1.82, 2.24) is 10.2 Å². The van der Waals surface area contributed by atoms with Gasteiger partial charge in [-0.25, -0.2) is 0 Å². The summed E-state index contributed by atoms with van der Waals surface area (Å²) in [4.78, 5) is 12.7. The van der Waals surface area contributed by atoms with Crippen molar-refractivity contribution in [1.29, 1.82) is 5.26 Å². The standard InChI is InChI=1S/C14H15N5OS/c1-7(9-5-17-18-6-9)19-14-10(4-15)11(16)13(21-14)12(20)8-2-3-8/h5-8,19H,2-3,16H2,1H3,(H,17,18). The molecule has 6 nitrogen and oxygen atoms in total. The van der Waals surface area contributed by atoms with Gasteiger partial charge in [0.1, 0.15) is 16.6 Å². The molecule has 108 valence electrons. The van der Waals surface area contributed by atoms with Crippen LogP contribution >= 0.6 is 11.3 Å². The fourth-order valence-electron chi connectivity index (χ4n) is 2.15. The summed E-state index contributed by atoms with van der Waals surface area (Å²) in [6.07, 6.45) is 5.35. The zero-order valence-corrected chi connectivity index (χ0v) is 12.3. The lowest BCUT2D eigenvalue weighted by Crippen LogP contribution is -2.05. The highest BCUT2D eigenvalue weighted by atomic mass is 32.1. The fourth-order valence-corrected chi connectivity index (χ4v) is 3.32. The van der Waals surface area contributed by atoms with Crippen molar-refractivity contribution >= 4 is 27.8 Å². The number of carbonyl (C=O) groups is 1. The van der Waals surface area contributed by atoms with E-state index in [0.29, 0.717) is 21.1 Å². The Bertz CT molecular complexity index is 709. The number of nitriles is 1. The van der Waals surface area contributed by atoms with Gasteiger partial charge in [0.25, 0.3) is 0 Å². The Morgan fingerprint density at radius 2 is 2.43 bits per heavy atom. The number of H-pyrrole nitrogens is 1. The molecule has 1 saturated carbocycles. The van der Waals surface area contributed by atoms with Gasteiger partial charge in [0, 0.05) is 17.7 Å². The first kappa shape index (κ1) is 13.6. The highest BCUT2D eigenvalue weighted by molar-refractivity contribution is 7.19. The highest BCUT2D eigenvalue weighted by Crippen LogP contribution is 2.42. The summed E-state index contributed by atoms with van der Waals surface area (Å²) < 4.78 is 0. The minimum Gasteiger partial charge on any atom is -0.396 e. The number of carbonyl (C=O) groups excluding carboxylic acids is 1. The third-order valence-corrected chi connectivity index (χ3v) is 4.75. The molecule has 7 heteroatoms.